The van der Waals surface area contributed by atoms with Gasteiger partial charge in [-0.2, -0.15) is 5.10 Å². The summed E-state index contributed by atoms with van der Waals surface area (Å²) in [5.41, 5.74) is 2.51. The van der Waals surface area contributed by atoms with Crippen molar-refractivity contribution < 1.29 is 4.79 Å². The largest absolute Gasteiger partial charge is 0.335 e. The maximum Gasteiger partial charge on any atom is 0.257 e. The predicted octanol–water partition coefficient (Wildman–Crippen LogP) is 4.36. The van der Waals surface area contributed by atoms with E-state index in [-0.39, 0.29) is 11.9 Å². The first-order chi connectivity index (χ1) is 11.6. The van der Waals surface area contributed by atoms with Crippen LogP contribution in [0.5, 0.6) is 0 Å². The summed E-state index contributed by atoms with van der Waals surface area (Å²) in [5.74, 6) is -0.0698. The number of carbonyl (C=O) groups is 1. The zero-order valence-electron chi connectivity index (χ0n) is 13.6. The van der Waals surface area contributed by atoms with Gasteiger partial charge in [0.25, 0.3) is 5.91 Å². The predicted molar refractivity (Wildman–Crippen MR) is 95.5 cm³/mol. The van der Waals surface area contributed by atoms with Crippen LogP contribution in [0.4, 0.5) is 0 Å². The van der Waals surface area contributed by atoms with Gasteiger partial charge < -0.3 is 4.90 Å². The molecule has 0 saturated heterocycles. The average Bonchev–Trinajstić information content (AvgIpc) is 3.11. The van der Waals surface area contributed by atoms with E-state index in [9.17, 15) is 4.79 Å². The third-order valence-corrected chi connectivity index (χ3v) is 4.36. The SMILES string of the molecule is CC(c1ccc(Cl)cc1)N(C)C(=O)c1cnn(-c2ccccc2)c1. The van der Waals surface area contributed by atoms with Crippen LogP contribution in [0.3, 0.4) is 0 Å². The van der Waals surface area contributed by atoms with Gasteiger partial charge in [0.1, 0.15) is 0 Å². The van der Waals surface area contributed by atoms with Crippen LogP contribution in [0.15, 0.2) is 67.0 Å². The summed E-state index contributed by atoms with van der Waals surface area (Å²) in [5, 5.41) is 4.97. The smallest absolute Gasteiger partial charge is 0.257 e. The van der Waals surface area contributed by atoms with E-state index in [2.05, 4.69) is 5.10 Å². The van der Waals surface area contributed by atoms with Gasteiger partial charge in [0.15, 0.2) is 0 Å². The number of aromatic nitrogens is 2. The highest BCUT2D eigenvalue weighted by atomic mass is 35.5. The molecule has 1 unspecified atom stereocenters. The lowest BCUT2D eigenvalue weighted by molar-refractivity contribution is 0.0742. The normalized spacial score (nSPS) is 12.0. The number of amides is 1. The Morgan fingerprint density at radius 1 is 1.12 bits per heavy atom. The standard InChI is InChI=1S/C19H18ClN3O/c1-14(15-8-10-17(20)11-9-15)22(2)19(24)16-12-21-23(13-16)18-6-4-3-5-7-18/h3-14H,1-2H3. The molecule has 1 aromatic heterocycles. The molecule has 4 nitrogen and oxygen atoms in total. The number of hydrogen-bond donors (Lipinski definition) is 0. The summed E-state index contributed by atoms with van der Waals surface area (Å²) < 4.78 is 1.70. The fourth-order valence-corrected chi connectivity index (χ4v) is 2.63. The van der Waals surface area contributed by atoms with E-state index >= 15 is 0 Å². The highest BCUT2D eigenvalue weighted by Crippen LogP contribution is 2.22. The average molecular weight is 340 g/mol. The van der Waals surface area contributed by atoms with Crippen LogP contribution in [-0.4, -0.2) is 27.6 Å². The number of nitrogens with zero attached hydrogens (tertiary/aromatic N) is 3. The second-order valence-corrected chi connectivity index (χ2v) is 6.09. The van der Waals surface area contributed by atoms with Crippen molar-refractivity contribution in [3.63, 3.8) is 0 Å². The zero-order chi connectivity index (χ0) is 17.1. The number of rotatable bonds is 4. The Labute approximate surface area is 146 Å². The molecule has 0 saturated carbocycles. The molecule has 1 atom stereocenters. The van der Waals surface area contributed by atoms with Crippen LogP contribution < -0.4 is 0 Å². The fourth-order valence-electron chi connectivity index (χ4n) is 2.50. The summed E-state index contributed by atoms with van der Waals surface area (Å²) in [7, 11) is 1.79. The van der Waals surface area contributed by atoms with Gasteiger partial charge in [0, 0.05) is 18.3 Å². The minimum atomic E-state index is -0.0698. The van der Waals surface area contributed by atoms with Crippen molar-refractivity contribution >= 4 is 17.5 Å². The van der Waals surface area contributed by atoms with Gasteiger partial charge in [-0.25, -0.2) is 4.68 Å². The first kappa shape index (κ1) is 16.3. The van der Waals surface area contributed by atoms with Gasteiger partial charge in [-0.3, -0.25) is 4.79 Å². The Hall–Kier alpha value is -2.59. The molecule has 3 aromatic rings. The van der Waals surface area contributed by atoms with Crippen molar-refractivity contribution in [3.05, 3.63) is 83.1 Å². The number of para-hydroxylation sites is 1. The Morgan fingerprint density at radius 2 is 1.79 bits per heavy atom. The molecule has 24 heavy (non-hydrogen) atoms. The van der Waals surface area contributed by atoms with Crippen molar-refractivity contribution in [1.82, 2.24) is 14.7 Å². The Bertz CT molecular complexity index is 827. The first-order valence-electron chi connectivity index (χ1n) is 7.69. The molecule has 0 aliphatic carbocycles. The monoisotopic (exact) mass is 339 g/mol. The quantitative estimate of drug-likeness (QED) is 0.708. The Kier molecular flexibility index (Phi) is 4.67. The second-order valence-electron chi connectivity index (χ2n) is 5.65. The molecule has 0 N–H and O–H groups in total. The summed E-state index contributed by atoms with van der Waals surface area (Å²) in [6.07, 6.45) is 3.35. The van der Waals surface area contributed by atoms with Crippen LogP contribution in [0.1, 0.15) is 28.9 Å². The lowest BCUT2D eigenvalue weighted by atomic mass is 10.1. The van der Waals surface area contributed by atoms with Gasteiger partial charge in [-0.1, -0.05) is 41.9 Å². The van der Waals surface area contributed by atoms with Crippen molar-refractivity contribution in [2.75, 3.05) is 7.05 Å². The summed E-state index contributed by atoms with van der Waals surface area (Å²) >= 11 is 5.92. The topological polar surface area (TPSA) is 38.1 Å². The van der Waals surface area contributed by atoms with Gasteiger partial charge in [-0.15, -0.1) is 0 Å². The minimum Gasteiger partial charge on any atom is -0.335 e. The molecule has 0 radical (unpaired) electrons. The molecular formula is C19H18ClN3O. The minimum absolute atomic E-state index is 0.0603. The second kappa shape index (κ2) is 6.89. The molecule has 0 aliphatic rings. The zero-order valence-corrected chi connectivity index (χ0v) is 14.3. The van der Waals surface area contributed by atoms with Crippen molar-refractivity contribution in [1.29, 1.82) is 0 Å². The molecule has 2 aromatic carbocycles. The highest BCUT2D eigenvalue weighted by molar-refractivity contribution is 6.30. The van der Waals surface area contributed by atoms with Crippen LogP contribution in [0.2, 0.25) is 5.02 Å². The van der Waals surface area contributed by atoms with E-state index in [1.165, 1.54) is 0 Å². The van der Waals surface area contributed by atoms with E-state index in [0.29, 0.717) is 10.6 Å². The molecule has 0 fully saturated rings. The van der Waals surface area contributed by atoms with E-state index in [1.807, 2.05) is 61.5 Å². The summed E-state index contributed by atoms with van der Waals surface area (Å²) in [4.78, 5) is 14.4. The Morgan fingerprint density at radius 3 is 2.46 bits per heavy atom. The summed E-state index contributed by atoms with van der Waals surface area (Å²) in [6.45, 7) is 1.99. The van der Waals surface area contributed by atoms with Crippen LogP contribution >= 0.6 is 11.6 Å². The third kappa shape index (κ3) is 3.34. The maximum atomic E-state index is 12.7. The van der Waals surface area contributed by atoms with E-state index in [4.69, 9.17) is 11.6 Å². The number of halogens is 1. The van der Waals surface area contributed by atoms with E-state index < -0.39 is 0 Å². The van der Waals surface area contributed by atoms with Gasteiger partial charge >= 0.3 is 0 Å². The van der Waals surface area contributed by atoms with Gasteiger partial charge in [0.2, 0.25) is 0 Å². The number of benzene rings is 2. The molecule has 0 spiro atoms. The third-order valence-electron chi connectivity index (χ3n) is 4.10. The number of carbonyl (C=O) groups excluding carboxylic acids is 1. The molecule has 1 amide bonds. The Balaban J connectivity index is 1.78. The van der Waals surface area contributed by atoms with E-state index in [0.717, 1.165) is 11.3 Å². The molecule has 0 aliphatic heterocycles. The molecule has 3 rings (SSSR count). The van der Waals surface area contributed by atoms with E-state index in [1.54, 1.807) is 29.0 Å². The van der Waals surface area contributed by atoms with Crippen LogP contribution in [0.25, 0.3) is 5.69 Å². The number of hydrogen-bond acceptors (Lipinski definition) is 2. The van der Waals surface area contributed by atoms with Crippen LogP contribution in [-0.2, 0) is 0 Å². The summed E-state index contributed by atoms with van der Waals surface area (Å²) in [6, 6.07) is 17.2. The van der Waals surface area contributed by atoms with Crippen molar-refractivity contribution in [2.45, 2.75) is 13.0 Å². The molecule has 1 heterocycles. The molecular weight excluding hydrogens is 322 g/mol. The lowest BCUT2D eigenvalue weighted by Crippen LogP contribution is -2.29. The molecule has 5 heteroatoms. The van der Waals surface area contributed by atoms with Gasteiger partial charge in [0.05, 0.1) is 23.5 Å². The lowest BCUT2D eigenvalue weighted by Gasteiger charge is -2.25. The van der Waals surface area contributed by atoms with Crippen molar-refractivity contribution in [3.8, 4) is 5.69 Å². The highest BCUT2D eigenvalue weighted by Gasteiger charge is 2.20. The fraction of sp³-hybridized carbons (Fsp3) is 0.158. The first-order valence-corrected chi connectivity index (χ1v) is 8.07. The van der Waals surface area contributed by atoms with Crippen molar-refractivity contribution in [2.24, 2.45) is 0 Å². The molecule has 122 valence electrons. The van der Waals surface area contributed by atoms with Gasteiger partial charge in [-0.05, 0) is 36.8 Å². The van der Waals surface area contributed by atoms with Crippen LogP contribution in [0, 0.1) is 0 Å². The molecule has 0 bridgehead atoms. The maximum absolute atomic E-state index is 12.7.